The summed E-state index contributed by atoms with van der Waals surface area (Å²) in [4.78, 5) is 39.2. The minimum absolute atomic E-state index is 0.00866. The molecule has 0 spiro atoms. The molecule has 2 atom stereocenters. The van der Waals surface area contributed by atoms with E-state index < -0.39 is 11.3 Å². The molecular weight excluding hydrogens is 318 g/mol. The number of para-hydroxylation sites is 1. The number of carbonyl (C=O) groups excluding carboxylic acids is 3. The zero-order valence-electron chi connectivity index (χ0n) is 15.4. The summed E-state index contributed by atoms with van der Waals surface area (Å²) in [7, 11) is 0. The average Bonchev–Trinajstić information content (AvgIpc) is 2.94. The maximum absolute atomic E-state index is 13.3. The van der Waals surface area contributed by atoms with Crippen LogP contribution in [0.4, 0.5) is 0 Å². The molecule has 5 heteroatoms. The van der Waals surface area contributed by atoms with Gasteiger partial charge in [-0.1, -0.05) is 45.9 Å². The van der Waals surface area contributed by atoms with Gasteiger partial charge in [0.2, 0.25) is 0 Å². The molecule has 1 aromatic rings. The number of hydrogen-bond donors (Lipinski definition) is 1. The van der Waals surface area contributed by atoms with Crippen LogP contribution >= 0.6 is 0 Å². The fraction of sp³-hybridized carbons (Fsp3) is 0.550. The molecular formula is C20H27NO4. The lowest BCUT2D eigenvalue weighted by molar-refractivity contribution is -0.135. The largest absolute Gasteiger partial charge is 0.508 e. The first-order valence-electron chi connectivity index (χ1n) is 8.78. The van der Waals surface area contributed by atoms with Gasteiger partial charge in [-0.25, -0.2) is 0 Å². The molecule has 1 aliphatic heterocycles. The molecule has 1 fully saturated rings. The second-order valence-electron chi connectivity index (χ2n) is 7.48. The number of aromatic hydroxyl groups is 1. The van der Waals surface area contributed by atoms with Crippen LogP contribution in [0.25, 0.3) is 0 Å². The average molecular weight is 345 g/mol. The molecule has 136 valence electrons. The van der Waals surface area contributed by atoms with Crippen molar-refractivity contribution in [3.8, 4) is 5.75 Å². The summed E-state index contributed by atoms with van der Waals surface area (Å²) >= 11 is 0. The lowest BCUT2D eigenvalue weighted by atomic mass is 9.64. The van der Waals surface area contributed by atoms with E-state index in [1.807, 2.05) is 32.6 Å². The molecule has 0 aliphatic carbocycles. The molecule has 0 saturated carbocycles. The summed E-state index contributed by atoms with van der Waals surface area (Å²) < 4.78 is 0. The van der Waals surface area contributed by atoms with E-state index in [1.165, 1.54) is 0 Å². The zero-order valence-corrected chi connectivity index (χ0v) is 15.4. The number of hydrogen-bond acceptors (Lipinski definition) is 5. The predicted octanol–water partition coefficient (Wildman–Crippen LogP) is 2.21. The Bertz CT molecular complexity index is 667. The molecule has 2 unspecified atom stereocenters. The van der Waals surface area contributed by atoms with Crippen LogP contribution in [-0.2, 0) is 19.8 Å². The van der Waals surface area contributed by atoms with Gasteiger partial charge < -0.3 is 9.90 Å². The Morgan fingerprint density at radius 2 is 1.88 bits per heavy atom. The smallest absolute Gasteiger partial charge is 0.148 e. The van der Waals surface area contributed by atoms with Gasteiger partial charge in [-0.2, -0.15) is 0 Å². The molecule has 0 amide bonds. The molecule has 1 aromatic carbocycles. The normalized spacial score (nSPS) is 24.0. The van der Waals surface area contributed by atoms with Crippen molar-refractivity contribution in [2.75, 3.05) is 19.6 Å². The van der Waals surface area contributed by atoms with Crippen molar-refractivity contribution < 1.29 is 19.5 Å². The highest BCUT2D eigenvalue weighted by molar-refractivity contribution is 6.00. The fourth-order valence-electron chi connectivity index (χ4n) is 3.94. The molecule has 0 radical (unpaired) electrons. The lowest BCUT2D eigenvalue weighted by Gasteiger charge is -2.35. The van der Waals surface area contributed by atoms with E-state index in [4.69, 9.17) is 0 Å². The summed E-state index contributed by atoms with van der Waals surface area (Å²) in [6, 6.07) is 6.73. The SMILES string of the molecule is CC(C)C(=O)C1CN(CC=O)CC1(C(=O)C(C)C)c1ccccc1O. The van der Waals surface area contributed by atoms with Crippen molar-refractivity contribution in [1.82, 2.24) is 4.90 Å². The van der Waals surface area contributed by atoms with E-state index in [0.29, 0.717) is 12.1 Å². The molecule has 1 aliphatic rings. The van der Waals surface area contributed by atoms with Crippen LogP contribution in [0.1, 0.15) is 33.3 Å². The van der Waals surface area contributed by atoms with Gasteiger partial charge in [-0.3, -0.25) is 14.5 Å². The van der Waals surface area contributed by atoms with Crippen molar-refractivity contribution in [1.29, 1.82) is 0 Å². The van der Waals surface area contributed by atoms with E-state index in [9.17, 15) is 19.5 Å². The molecule has 2 rings (SSSR count). The number of rotatable bonds is 7. The van der Waals surface area contributed by atoms with Crippen LogP contribution in [0, 0.1) is 17.8 Å². The maximum Gasteiger partial charge on any atom is 0.148 e. The van der Waals surface area contributed by atoms with Gasteiger partial charge >= 0.3 is 0 Å². The number of ketones is 2. The monoisotopic (exact) mass is 345 g/mol. The van der Waals surface area contributed by atoms with Gasteiger partial charge in [0.25, 0.3) is 0 Å². The first kappa shape index (κ1) is 19.3. The number of phenolic OH excluding ortho intramolecular Hbond substituents is 1. The van der Waals surface area contributed by atoms with Crippen LogP contribution in [0.3, 0.4) is 0 Å². The third-order valence-electron chi connectivity index (χ3n) is 5.10. The van der Waals surface area contributed by atoms with Gasteiger partial charge in [-0.15, -0.1) is 0 Å². The summed E-state index contributed by atoms with van der Waals surface area (Å²) in [5, 5.41) is 10.5. The van der Waals surface area contributed by atoms with Crippen molar-refractivity contribution in [2.24, 2.45) is 17.8 Å². The summed E-state index contributed by atoms with van der Waals surface area (Å²) in [6.45, 7) is 8.04. The van der Waals surface area contributed by atoms with E-state index in [-0.39, 0.29) is 42.2 Å². The van der Waals surface area contributed by atoms with E-state index in [1.54, 1.807) is 24.3 Å². The molecule has 0 bridgehead atoms. The number of benzene rings is 1. The molecule has 1 N–H and O–H groups in total. The Balaban J connectivity index is 2.69. The number of Topliss-reactive ketones (excluding diaryl/α,β-unsaturated/α-hetero) is 2. The minimum Gasteiger partial charge on any atom is -0.508 e. The van der Waals surface area contributed by atoms with Gasteiger partial charge in [0, 0.05) is 36.4 Å². The Hall–Kier alpha value is -2.01. The molecule has 0 aromatic heterocycles. The Morgan fingerprint density at radius 1 is 1.24 bits per heavy atom. The third kappa shape index (κ3) is 3.38. The van der Waals surface area contributed by atoms with Crippen molar-refractivity contribution >= 4 is 17.9 Å². The second kappa shape index (κ2) is 7.48. The molecule has 1 heterocycles. The molecule has 1 saturated heterocycles. The van der Waals surface area contributed by atoms with Crippen LogP contribution in [0.2, 0.25) is 0 Å². The summed E-state index contributed by atoms with van der Waals surface area (Å²) in [5.74, 6) is -1.15. The van der Waals surface area contributed by atoms with E-state index in [2.05, 4.69) is 0 Å². The summed E-state index contributed by atoms with van der Waals surface area (Å²) in [5.41, 5.74) is -0.634. The maximum atomic E-state index is 13.3. The minimum atomic E-state index is -1.12. The van der Waals surface area contributed by atoms with E-state index in [0.717, 1.165) is 6.29 Å². The van der Waals surface area contributed by atoms with Gasteiger partial charge in [0.05, 0.1) is 12.0 Å². The highest BCUT2D eigenvalue weighted by atomic mass is 16.3. The fourth-order valence-corrected chi connectivity index (χ4v) is 3.94. The number of nitrogens with zero attached hydrogens (tertiary/aromatic N) is 1. The molecule has 25 heavy (non-hydrogen) atoms. The Morgan fingerprint density at radius 3 is 2.40 bits per heavy atom. The van der Waals surface area contributed by atoms with Crippen LogP contribution in [0.5, 0.6) is 5.75 Å². The lowest BCUT2D eigenvalue weighted by Crippen LogP contribution is -2.49. The quantitative estimate of drug-likeness (QED) is 0.767. The first-order valence-corrected chi connectivity index (χ1v) is 8.78. The number of likely N-dealkylation sites (tertiary alicyclic amines) is 1. The Labute approximate surface area is 149 Å². The van der Waals surface area contributed by atoms with Gasteiger partial charge in [0.15, 0.2) is 0 Å². The van der Waals surface area contributed by atoms with Crippen LogP contribution in [0.15, 0.2) is 24.3 Å². The van der Waals surface area contributed by atoms with E-state index >= 15 is 0 Å². The van der Waals surface area contributed by atoms with Crippen LogP contribution < -0.4 is 0 Å². The summed E-state index contributed by atoms with van der Waals surface area (Å²) in [6.07, 6.45) is 0.789. The number of phenols is 1. The van der Waals surface area contributed by atoms with Crippen LogP contribution in [-0.4, -0.2) is 47.5 Å². The topological polar surface area (TPSA) is 74.7 Å². The first-order chi connectivity index (χ1) is 11.8. The molecule has 5 nitrogen and oxygen atoms in total. The zero-order chi connectivity index (χ0) is 18.8. The van der Waals surface area contributed by atoms with Crippen molar-refractivity contribution in [2.45, 2.75) is 33.1 Å². The number of carbonyl (C=O) groups is 3. The Kier molecular flexibility index (Phi) is 5.78. The standard InChI is InChI=1S/C20H27NO4/c1-13(2)18(24)16-11-21(9-10-22)12-20(16,19(25)14(3)4)15-7-5-6-8-17(15)23/h5-8,10,13-14,16,23H,9,11-12H2,1-4H3. The number of aldehydes is 1. The van der Waals surface area contributed by atoms with Crippen molar-refractivity contribution in [3.63, 3.8) is 0 Å². The van der Waals surface area contributed by atoms with Crippen molar-refractivity contribution in [3.05, 3.63) is 29.8 Å². The highest BCUT2D eigenvalue weighted by Crippen LogP contribution is 2.46. The third-order valence-corrected chi connectivity index (χ3v) is 5.10. The predicted molar refractivity (Wildman–Crippen MR) is 95.5 cm³/mol. The second-order valence-corrected chi connectivity index (χ2v) is 7.48. The van der Waals surface area contributed by atoms with Gasteiger partial charge in [0.1, 0.15) is 23.6 Å². The highest BCUT2D eigenvalue weighted by Gasteiger charge is 2.57. The van der Waals surface area contributed by atoms with Gasteiger partial charge in [-0.05, 0) is 6.07 Å².